The van der Waals surface area contributed by atoms with Crippen LogP contribution in [0.25, 0.3) is 11.5 Å². The summed E-state index contributed by atoms with van der Waals surface area (Å²) in [6, 6.07) is 13.8. The summed E-state index contributed by atoms with van der Waals surface area (Å²) in [6.45, 7) is 6.16. The maximum atomic E-state index is 12.3. The summed E-state index contributed by atoms with van der Waals surface area (Å²) < 4.78 is 5.69. The maximum Gasteiger partial charge on any atom is 0.277 e. The number of hydrogen-bond donors (Lipinski definition) is 0. The van der Waals surface area contributed by atoms with E-state index >= 15 is 0 Å². The Morgan fingerprint density at radius 2 is 1.72 bits per heavy atom. The minimum atomic E-state index is 0.0544. The topological polar surface area (TPSA) is 56.0 Å². The Balaban J connectivity index is 1.66. The Morgan fingerprint density at radius 1 is 1.04 bits per heavy atom. The van der Waals surface area contributed by atoms with Crippen LogP contribution in [0.1, 0.15) is 34.0 Å². The highest BCUT2D eigenvalue weighted by atomic mass is 32.2. The number of hydrogen-bond acceptors (Lipinski definition) is 5. The zero-order valence-corrected chi connectivity index (χ0v) is 15.4. The molecule has 0 bridgehead atoms. The lowest BCUT2D eigenvalue weighted by atomic mass is 10.1. The Morgan fingerprint density at radius 3 is 2.36 bits per heavy atom. The number of rotatable bonds is 6. The molecule has 5 heteroatoms. The molecule has 0 spiro atoms. The normalized spacial score (nSPS) is 10.8. The second-order valence-corrected chi connectivity index (χ2v) is 6.94. The molecule has 3 rings (SSSR count). The van der Waals surface area contributed by atoms with E-state index in [1.807, 2.05) is 50.2 Å². The van der Waals surface area contributed by atoms with E-state index in [9.17, 15) is 4.79 Å². The standard InChI is InChI=1S/C20H20N2O2S/c1-4-15-5-7-16(8-6-15)18(23)12-25-20-22-21-19(24-20)17-10-13(2)9-14(3)11-17/h5-11H,4,12H2,1-3H3. The van der Waals surface area contributed by atoms with Gasteiger partial charge in [-0.05, 0) is 38.0 Å². The summed E-state index contributed by atoms with van der Waals surface area (Å²) >= 11 is 1.27. The van der Waals surface area contributed by atoms with Crippen molar-refractivity contribution in [2.24, 2.45) is 0 Å². The van der Waals surface area contributed by atoms with Crippen LogP contribution in [-0.4, -0.2) is 21.7 Å². The number of thioether (sulfide) groups is 1. The molecule has 0 atom stereocenters. The van der Waals surface area contributed by atoms with Crippen molar-refractivity contribution in [2.45, 2.75) is 32.4 Å². The van der Waals surface area contributed by atoms with Crippen LogP contribution >= 0.6 is 11.8 Å². The van der Waals surface area contributed by atoms with Crippen LogP contribution < -0.4 is 0 Å². The highest BCUT2D eigenvalue weighted by molar-refractivity contribution is 7.99. The Bertz CT molecular complexity index is 865. The van der Waals surface area contributed by atoms with Crippen LogP contribution in [0.2, 0.25) is 0 Å². The van der Waals surface area contributed by atoms with E-state index < -0.39 is 0 Å². The predicted molar refractivity (Wildman–Crippen MR) is 100 cm³/mol. The van der Waals surface area contributed by atoms with Gasteiger partial charge in [-0.2, -0.15) is 0 Å². The number of carbonyl (C=O) groups excluding carboxylic acids is 1. The molecule has 25 heavy (non-hydrogen) atoms. The van der Waals surface area contributed by atoms with E-state index in [-0.39, 0.29) is 11.5 Å². The zero-order valence-electron chi connectivity index (χ0n) is 14.6. The lowest BCUT2D eigenvalue weighted by Crippen LogP contribution is -2.02. The van der Waals surface area contributed by atoms with Crippen LogP contribution in [0.5, 0.6) is 0 Å². The van der Waals surface area contributed by atoms with E-state index in [0.29, 0.717) is 16.7 Å². The van der Waals surface area contributed by atoms with Gasteiger partial charge in [-0.15, -0.1) is 10.2 Å². The van der Waals surface area contributed by atoms with Gasteiger partial charge in [0.25, 0.3) is 5.22 Å². The fraction of sp³-hybridized carbons (Fsp3) is 0.250. The van der Waals surface area contributed by atoms with Crippen molar-refractivity contribution in [3.63, 3.8) is 0 Å². The van der Waals surface area contributed by atoms with E-state index in [1.165, 1.54) is 17.3 Å². The Labute approximate surface area is 151 Å². The Kier molecular flexibility index (Phi) is 5.34. The first-order chi connectivity index (χ1) is 12.0. The molecule has 1 aromatic heterocycles. The minimum absolute atomic E-state index is 0.0544. The molecule has 4 nitrogen and oxygen atoms in total. The van der Waals surface area contributed by atoms with Crippen LogP contribution in [0.4, 0.5) is 0 Å². The number of aryl methyl sites for hydroxylation is 3. The first kappa shape index (κ1) is 17.4. The van der Waals surface area contributed by atoms with Crippen molar-refractivity contribution in [1.29, 1.82) is 0 Å². The highest BCUT2D eigenvalue weighted by Gasteiger charge is 2.13. The lowest BCUT2D eigenvalue weighted by Gasteiger charge is -2.01. The first-order valence-corrected chi connectivity index (χ1v) is 9.21. The molecule has 0 fully saturated rings. The molecule has 128 valence electrons. The molecule has 0 aliphatic carbocycles. The number of carbonyl (C=O) groups is 1. The van der Waals surface area contributed by atoms with Gasteiger partial charge in [0.2, 0.25) is 5.89 Å². The van der Waals surface area contributed by atoms with E-state index in [0.717, 1.165) is 23.1 Å². The SMILES string of the molecule is CCc1ccc(C(=O)CSc2nnc(-c3cc(C)cc(C)c3)o2)cc1. The number of nitrogens with zero attached hydrogens (tertiary/aromatic N) is 2. The molecule has 0 saturated heterocycles. The quantitative estimate of drug-likeness (QED) is 0.467. The van der Waals surface area contributed by atoms with Crippen molar-refractivity contribution < 1.29 is 9.21 Å². The zero-order chi connectivity index (χ0) is 17.8. The second kappa shape index (κ2) is 7.66. The third-order valence-corrected chi connectivity index (χ3v) is 4.70. The van der Waals surface area contributed by atoms with Crippen molar-refractivity contribution in [1.82, 2.24) is 10.2 Å². The van der Waals surface area contributed by atoms with Crippen LogP contribution in [0.15, 0.2) is 52.1 Å². The van der Waals surface area contributed by atoms with Gasteiger partial charge in [-0.1, -0.05) is 60.1 Å². The average molecular weight is 352 g/mol. The van der Waals surface area contributed by atoms with Gasteiger partial charge in [-0.3, -0.25) is 4.79 Å². The summed E-state index contributed by atoms with van der Waals surface area (Å²) in [5.41, 5.74) is 5.12. The fourth-order valence-electron chi connectivity index (χ4n) is 2.62. The van der Waals surface area contributed by atoms with Gasteiger partial charge >= 0.3 is 0 Å². The molecular weight excluding hydrogens is 332 g/mol. The molecule has 0 radical (unpaired) electrons. The van der Waals surface area contributed by atoms with Crippen molar-refractivity contribution in [3.8, 4) is 11.5 Å². The van der Waals surface area contributed by atoms with Crippen LogP contribution in [0.3, 0.4) is 0 Å². The maximum absolute atomic E-state index is 12.3. The molecule has 0 amide bonds. The number of aromatic nitrogens is 2. The molecule has 0 saturated carbocycles. The highest BCUT2D eigenvalue weighted by Crippen LogP contribution is 2.25. The molecule has 0 aliphatic rings. The third-order valence-electron chi connectivity index (χ3n) is 3.89. The largest absolute Gasteiger partial charge is 0.411 e. The summed E-state index contributed by atoms with van der Waals surface area (Å²) in [4.78, 5) is 12.3. The number of benzene rings is 2. The monoisotopic (exact) mass is 352 g/mol. The van der Waals surface area contributed by atoms with E-state index in [4.69, 9.17) is 4.42 Å². The lowest BCUT2D eigenvalue weighted by molar-refractivity contribution is 0.102. The van der Waals surface area contributed by atoms with Crippen molar-refractivity contribution in [2.75, 3.05) is 5.75 Å². The van der Waals surface area contributed by atoms with Gasteiger partial charge in [-0.25, -0.2) is 0 Å². The van der Waals surface area contributed by atoms with E-state index in [2.05, 4.69) is 23.2 Å². The Hall–Kier alpha value is -2.40. The summed E-state index contributed by atoms with van der Waals surface area (Å²) in [7, 11) is 0. The van der Waals surface area contributed by atoms with Gasteiger partial charge in [0, 0.05) is 11.1 Å². The number of Topliss-reactive ketones (excluding diaryl/α,β-unsaturated/α-hetero) is 1. The van der Waals surface area contributed by atoms with Gasteiger partial charge in [0.05, 0.1) is 5.75 Å². The minimum Gasteiger partial charge on any atom is -0.411 e. The van der Waals surface area contributed by atoms with Crippen molar-refractivity contribution >= 4 is 17.5 Å². The number of ketones is 1. The molecule has 0 N–H and O–H groups in total. The summed E-state index contributed by atoms with van der Waals surface area (Å²) in [5.74, 6) is 0.813. The first-order valence-electron chi connectivity index (χ1n) is 8.22. The third kappa shape index (κ3) is 4.37. The summed E-state index contributed by atoms with van der Waals surface area (Å²) in [5, 5.41) is 8.54. The van der Waals surface area contributed by atoms with E-state index in [1.54, 1.807) is 0 Å². The van der Waals surface area contributed by atoms with Gasteiger partial charge < -0.3 is 4.42 Å². The predicted octanol–water partition coefficient (Wildman–Crippen LogP) is 4.89. The van der Waals surface area contributed by atoms with Crippen LogP contribution in [-0.2, 0) is 6.42 Å². The molecule has 0 aliphatic heterocycles. The summed E-state index contributed by atoms with van der Waals surface area (Å²) in [6.07, 6.45) is 0.965. The fourth-order valence-corrected chi connectivity index (χ4v) is 3.28. The van der Waals surface area contributed by atoms with Gasteiger partial charge in [0.1, 0.15) is 0 Å². The smallest absolute Gasteiger partial charge is 0.277 e. The molecular formula is C20H20N2O2S. The second-order valence-electron chi connectivity index (χ2n) is 6.01. The van der Waals surface area contributed by atoms with Crippen LogP contribution in [0, 0.1) is 13.8 Å². The van der Waals surface area contributed by atoms with Crippen molar-refractivity contribution in [3.05, 3.63) is 64.7 Å². The molecule has 2 aromatic carbocycles. The molecule has 1 heterocycles. The average Bonchev–Trinajstić information content (AvgIpc) is 3.08. The van der Waals surface area contributed by atoms with Gasteiger partial charge in [0.15, 0.2) is 5.78 Å². The molecule has 0 unspecified atom stereocenters. The molecule has 3 aromatic rings.